The van der Waals surface area contributed by atoms with Crippen LogP contribution in [0.2, 0.25) is 0 Å². The lowest BCUT2D eigenvalue weighted by Gasteiger charge is -2.60. The van der Waals surface area contributed by atoms with Crippen LogP contribution in [0.25, 0.3) is 0 Å². The average molecular weight is 316 g/mol. The summed E-state index contributed by atoms with van der Waals surface area (Å²) < 4.78 is 5.62. The summed E-state index contributed by atoms with van der Waals surface area (Å²) in [5.74, 6) is 0.881. The number of hydrogen-bond donors (Lipinski definition) is 1. The van der Waals surface area contributed by atoms with Crippen molar-refractivity contribution in [1.82, 2.24) is 0 Å². The number of carbonyl (C=O) groups excluding carboxylic acids is 1. The van der Waals surface area contributed by atoms with Crippen LogP contribution in [-0.2, 0) is 9.53 Å². The lowest BCUT2D eigenvalue weighted by atomic mass is 9.45. The second-order valence-electron chi connectivity index (χ2n) is 8.95. The van der Waals surface area contributed by atoms with Crippen molar-refractivity contribution < 1.29 is 14.6 Å². The van der Waals surface area contributed by atoms with Gasteiger partial charge in [-0.1, -0.05) is 32.4 Å². The van der Waals surface area contributed by atoms with Crippen LogP contribution in [0.3, 0.4) is 0 Å². The second kappa shape index (κ2) is 4.72. The monoisotopic (exact) mass is 316 g/mol. The Morgan fingerprint density at radius 3 is 2.74 bits per heavy atom. The molecule has 0 amide bonds. The first-order valence-electron chi connectivity index (χ1n) is 9.05. The number of ether oxygens (including phenoxy) is 1. The minimum Gasteiger partial charge on any atom is -0.454 e. The molecule has 4 rings (SSSR count). The van der Waals surface area contributed by atoms with E-state index in [0.29, 0.717) is 11.8 Å². The third kappa shape index (κ3) is 1.95. The fraction of sp³-hybridized carbons (Fsp3) is 0.750. The molecule has 1 heterocycles. The van der Waals surface area contributed by atoms with Crippen molar-refractivity contribution in [2.45, 2.75) is 72.0 Å². The van der Waals surface area contributed by atoms with Gasteiger partial charge >= 0.3 is 5.97 Å². The molecule has 3 nitrogen and oxygen atoms in total. The van der Waals surface area contributed by atoms with Crippen molar-refractivity contribution >= 4 is 5.97 Å². The lowest BCUT2D eigenvalue weighted by Crippen LogP contribution is -2.55. The number of allylic oxidation sites excluding steroid dienone is 1. The summed E-state index contributed by atoms with van der Waals surface area (Å²) in [4.78, 5) is 11.9. The molecule has 1 N–H and O–H groups in total. The van der Waals surface area contributed by atoms with Crippen LogP contribution < -0.4 is 0 Å². The normalized spacial score (nSPS) is 44.9. The Balaban J connectivity index is 1.74. The van der Waals surface area contributed by atoms with Crippen LogP contribution in [0.4, 0.5) is 0 Å². The second-order valence-corrected chi connectivity index (χ2v) is 8.95. The van der Waals surface area contributed by atoms with E-state index in [4.69, 9.17) is 4.74 Å². The summed E-state index contributed by atoms with van der Waals surface area (Å²) in [6.45, 7) is 8.79. The molecule has 3 heteroatoms. The maximum Gasteiger partial charge on any atom is 0.334 e. The molecule has 0 radical (unpaired) electrons. The molecule has 3 aliphatic carbocycles. The number of esters is 1. The summed E-state index contributed by atoms with van der Waals surface area (Å²) in [7, 11) is 0. The van der Waals surface area contributed by atoms with E-state index in [1.54, 1.807) is 0 Å². The number of carbonyl (C=O) groups is 1. The van der Waals surface area contributed by atoms with Gasteiger partial charge in [-0.2, -0.15) is 0 Å². The quantitative estimate of drug-likeness (QED) is 0.692. The minimum atomic E-state index is -0.197. The summed E-state index contributed by atoms with van der Waals surface area (Å²) in [5.41, 5.74) is 3.61. The van der Waals surface area contributed by atoms with Gasteiger partial charge in [-0.15, -0.1) is 0 Å². The number of rotatable bonds is 0. The maximum absolute atomic E-state index is 11.9. The minimum absolute atomic E-state index is 0.0308. The first-order valence-corrected chi connectivity index (χ1v) is 9.05. The SMILES string of the molecule is CC1=C2C=C3CC[C@@H]4C(C)(C)[C@H](O)CCC4(C)[C@@H]3C[C@H]2OC1=O. The van der Waals surface area contributed by atoms with E-state index in [2.05, 4.69) is 26.8 Å². The first kappa shape index (κ1) is 15.4. The molecule has 0 saturated heterocycles. The van der Waals surface area contributed by atoms with Crippen molar-refractivity contribution in [3.05, 3.63) is 22.8 Å². The van der Waals surface area contributed by atoms with Crippen LogP contribution in [0.5, 0.6) is 0 Å². The number of hydrogen-bond acceptors (Lipinski definition) is 3. The Morgan fingerprint density at radius 1 is 1.26 bits per heavy atom. The van der Waals surface area contributed by atoms with E-state index in [1.165, 1.54) is 5.57 Å². The number of aliphatic hydroxyl groups is 1. The van der Waals surface area contributed by atoms with E-state index in [9.17, 15) is 9.90 Å². The predicted molar refractivity (Wildman–Crippen MR) is 88.6 cm³/mol. The fourth-order valence-corrected chi connectivity index (χ4v) is 6.13. The van der Waals surface area contributed by atoms with Crippen molar-refractivity contribution in [2.24, 2.45) is 22.7 Å². The van der Waals surface area contributed by atoms with Crippen molar-refractivity contribution in [2.75, 3.05) is 0 Å². The van der Waals surface area contributed by atoms with Crippen LogP contribution >= 0.6 is 0 Å². The van der Waals surface area contributed by atoms with Gasteiger partial charge in [0.15, 0.2) is 0 Å². The average Bonchev–Trinajstić information content (AvgIpc) is 2.77. The molecule has 0 aromatic rings. The molecular weight excluding hydrogens is 288 g/mol. The molecule has 1 unspecified atom stereocenters. The summed E-state index contributed by atoms with van der Waals surface area (Å²) in [6.07, 6.45) is 7.17. The standard InChI is InChI=1S/C20H28O3/c1-11-13-9-12-5-6-16-19(2,3)17(21)7-8-20(16,4)14(12)10-15(13)23-18(11)22/h9,14-17,21H,5-8,10H2,1-4H3/t14-,15-,16-,17-,20?/m1/s1. The Labute approximate surface area is 138 Å². The van der Waals surface area contributed by atoms with Gasteiger partial charge in [0.1, 0.15) is 6.10 Å². The zero-order valence-electron chi connectivity index (χ0n) is 14.7. The molecule has 1 aliphatic heterocycles. The molecule has 126 valence electrons. The first-order chi connectivity index (χ1) is 10.7. The van der Waals surface area contributed by atoms with Crippen molar-refractivity contribution in [1.29, 1.82) is 0 Å². The predicted octanol–water partition coefficient (Wildman–Crippen LogP) is 3.77. The smallest absolute Gasteiger partial charge is 0.334 e. The van der Waals surface area contributed by atoms with Gasteiger partial charge in [0.05, 0.1) is 6.10 Å². The number of aliphatic hydroxyl groups excluding tert-OH is 1. The summed E-state index contributed by atoms with van der Waals surface area (Å²) >= 11 is 0. The molecule has 2 saturated carbocycles. The van der Waals surface area contributed by atoms with Gasteiger partial charge in [0.2, 0.25) is 0 Å². The molecule has 0 aromatic carbocycles. The van der Waals surface area contributed by atoms with Gasteiger partial charge in [-0.3, -0.25) is 0 Å². The Morgan fingerprint density at radius 2 is 2.00 bits per heavy atom. The maximum atomic E-state index is 11.9. The Kier molecular flexibility index (Phi) is 3.17. The highest BCUT2D eigenvalue weighted by atomic mass is 16.5. The van der Waals surface area contributed by atoms with Gasteiger partial charge in [-0.05, 0) is 61.7 Å². The largest absolute Gasteiger partial charge is 0.454 e. The van der Waals surface area contributed by atoms with Crippen LogP contribution in [0.15, 0.2) is 22.8 Å². The van der Waals surface area contributed by atoms with Crippen LogP contribution in [-0.4, -0.2) is 23.3 Å². The van der Waals surface area contributed by atoms with Gasteiger partial charge < -0.3 is 9.84 Å². The van der Waals surface area contributed by atoms with Gasteiger partial charge in [0.25, 0.3) is 0 Å². The van der Waals surface area contributed by atoms with Crippen LogP contribution in [0, 0.1) is 22.7 Å². The molecule has 2 fully saturated rings. The van der Waals surface area contributed by atoms with Crippen molar-refractivity contribution in [3.63, 3.8) is 0 Å². The molecule has 4 aliphatic rings. The van der Waals surface area contributed by atoms with E-state index < -0.39 is 0 Å². The van der Waals surface area contributed by atoms with E-state index in [-0.39, 0.29) is 29.0 Å². The molecule has 0 aromatic heterocycles. The van der Waals surface area contributed by atoms with E-state index >= 15 is 0 Å². The van der Waals surface area contributed by atoms with E-state index in [1.807, 2.05) is 6.92 Å². The highest BCUT2D eigenvalue weighted by molar-refractivity contribution is 5.92. The zero-order valence-corrected chi connectivity index (χ0v) is 14.7. The Hall–Kier alpha value is -1.09. The summed E-state index contributed by atoms with van der Waals surface area (Å²) in [6, 6.07) is 0. The van der Waals surface area contributed by atoms with Crippen molar-refractivity contribution in [3.8, 4) is 0 Å². The van der Waals surface area contributed by atoms with Gasteiger partial charge in [-0.25, -0.2) is 4.79 Å². The topological polar surface area (TPSA) is 46.5 Å². The molecule has 23 heavy (non-hydrogen) atoms. The highest BCUT2D eigenvalue weighted by Crippen LogP contribution is 2.63. The fourth-order valence-electron chi connectivity index (χ4n) is 6.13. The third-order valence-corrected chi connectivity index (χ3v) is 7.60. The Bertz CT molecular complexity index is 627. The molecule has 5 atom stereocenters. The third-order valence-electron chi connectivity index (χ3n) is 7.60. The summed E-state index contributed by atoms with van der Waals surface area (Å²) in [5, 5.41) is 10.5. The molecule has 0 spiro atoms. The molecule has 0 bridgehead atoms. The highest BCUT2D eigenvalue weighted by Gasteiger charge is 2.57. The van der Waals surface area contributed by atoms with E-state index in [0.717, 1.165) is 43.3 Å². The lowest BCUT2D eigenvalue weighted by molar-refractivity contribution is -0.145. The zero-order chi connectivity index (χ0) is 16.6. The molecular formula is C20H28O3. The van der Waals surface area contributed by atoms with Crippen LogP contribution in [0.1, 0.15) is 59.8 Å². The number of fused-ring (bicyclic) bond motifs is 4. The van der Waals surface area contributed by atoms with Gasteiger partial charge in [0, 0.05) is 11.1 Å².